The van der Waals surface area contributed by atoms with Crippen molar-refractivity contribution in [1.82, 2.24) is 10.1 Å². The Morgan fingerprint density at radius 2 is 2.36 bits per heavy atom. The van der Waals surface area contributed by atoms with Gasteiger partial charge in [0, 0.05) is 5.92 Å². The lowest BCUT2D eigenvalue weighted by atomic mass is 10.1. The van der Waals surface area contributed by atoms with Crippen LogP contribution in [0.5, 0.6) is 0 Å². The van der Waals surface area contributed by atoms with E-state index < -0.39 is 0 Å². The molecule has 0 spiro atoms. The number of nitrogens with two attached hydrogens (primary N) is 2. The van der Waals surface area contributed by atoms with Crippen LogP contribution in [0.15, 0.2) is 4.52 Å². The number of aromatic nitrogens is 2. The van der Waals surface area contributed by atoms with E-state index in [2.05, 4.69) is 10.1 Å². The Morgan fingerprint density at radius 3 is 2.82 bits per heavy atom. The van der Waals surface area contributed by atoms with Crippen LogP contribution in [0.3, 0.4) is 0 Å². The third kappa shape index (κ3) is 1.91. The van der Waals surface area contributed by atoms with Crippen molar-refractivity contribution >= 4 is 5.95 Å². The number of anilines is 1. The highest BCUT2D eigenvalue weighted by Crippen LogP contribution is 2.15. The highest BCUT2D eigenvalue weighted by Gasteiger charge is 2.11. The van der Waals surface area contributed by atoms with Crippen molar-refractivity contribution in [3.05, 3.63) is 5.89 Å². The van der Waals surface area contributed by atoms with Crippen LogP contribution in [0.1, 0.15) is 25.2 Å². The van der Waals surface area contributed by atoms with Crippen LogP contribution in [0.2, 0.25) is 0 Å². The molecule has 0 bridgehead atoms. The first-order valence-electron chi connectivity index (χ1n) is 3.53. The van der Waals surface area contributed by atoms with Gasteiger partial charge in [0.2, 0.25) is 5.89 Å². The zero-order valence-electron chi connectivity index (χ0n) is 6.45. The Hall–Kier alpha value is -1.10. The van der Waals surface area contributed by atoms with Crippen LogP contribution in [0, 0.1) is 0 Å². The van der Waals surface area contributed by atoms with Gasteiger partial charge in [0.05, 0.1) is 0 Å². The van der Waals surface area contributed by atoms with Gasteiger partial charge in [-0.25, -0.2) is 0 Å². The Morgan fingerprint density at radius 1 is 1.64 bits per heavy atom. The Balaban J connectivity index is 2.60. The van der Waals surface area contributed by atoms with Gasteiger partial charge >= 0.3 is 0 Å². The maximum absolute atomic E-state index is 5.35. The van der Waals surface area contributed by atoms with Gasteiger partial charge in [0.25, 0.3) is 5.95 Å². The minimum atomic E-state index is 0.184. The lowest BCUT2D eigenvalue weighted by molar-refractivity contribution is 0.355. The summed E-state index contributed by atoms with van der Waals surface area (Å²) in [7, 11) is 0. The molecule has 0 fully saturated rings. The average molecular weight is 156 g/mol. The second kappa shape index (κ2) is 3.34. The molecule has 1 heterocycles. The molecule has 0 aliphatic rings. The molecule has 11 heavy (non-hydrogen) atoms. The fourth-order valence-corrected chi connectivity index (χ4v) is 0.821. The molecule has 1 aromatic heterocycles. The molecule has 0 saturated heterocycles. The topological polar surface area (TPSA) is 91.0 Å². The molecule has 0 amide bonds. The minimum Gasteiger partial charge on any atom is -0.365 e. The molecule has 4 N–H and O–H groups in total. The maximum Gasteiger partial charge on any atom is 0.260 e. The lowest BCUT2D eigenvalue weighted by Crippen LogP contribution is -2.04. The van der Waals surface area contributed by atoms with Crippen molar-refractivity contribution in [3.8, 4) is 0 Å². The van der Waals surface area contributed by atoms with Crippen molar-refractivity contribution in [1.29, 1.82) is 0 Å². The van der Waals surface area contributed by atoms with Gasteiger partial charge in [-0.05, 0) is 18.1 Å². The summed E-state index contributed by atoms with van der Waals surface area (Å²) in [5, 5.41) is 3.47. The van der Waals surface area contributed by atoms with Crippen molar-refractivity contribution in [2.24, 2.45) is 5.73 Å². The van der Waals surface area contributed by atoms with Gasteiger partial charge in [-0.1, -0.05) is 6.92 Å². The molecule has 1 rings (SSSR count). The highest BCUT2D eigenvalue weighted by atomic mass is 16.5. The normalized spacial score (nSPS) is 13.3. The Bertz CT molecular complexity index is 222. The molecular formula is C6H12N4O. The van der Waals surface area contributed by atoms with Gasteiger partial charge in [-0.3, -0.25) is 0 Å². The quantitative estimate of drug-likeness (QED) is 0.647. The SMILES string of the molecule is CC(CCN)c1nc(N)no1. The predicted octanol–water partition coefficient (Wildman–Crippen LogP) is 0.104. The first-order chi connectivity index (χ1) is 5.24. The van der Waals surface area contributed by atoms with E-state index in [9.17, 15) is 0 Å². The van der Waals surface area contributed by atoms with E-state index in [1.54, 1.807) is 0 Å². The number of hydrogen-bond acceptors (Lipinski definition) is 5. The summed E-state index contributed by atoms with van der Waals surface area (Å²) in [5.74, 6) is 0.946. The zero-order chi connectivity index (χ0) is 8.27. The van der Waals surface area contributed by atoms with Crippen molar-refractivity contribution in [3.63, 3.8) is 0 Å². The largest absolute Gasteiger partial charge is 0.365 e. The van der Waals surface area contributed by atoms with Crippen LogP contribution >= 0.6 is 0 Å². The molecule has 0 aromatic carbocycles. The van der Waals surface area contributed by atoms with E-state index >= 15 is 0 Å². The van der Waals surface area contributed by atoms with Crippen molar-refractivity contribution in [2.45, 2.75) is 19.3 Å². The molecule has 62 valence electrons. The number of hydrogen-bond donors (Lipinski definition) is 2. The molecule has 0 aliphatic carbocycles. The molecule has 1 atom stereocenters. The number of nitrogen functional groups attached to an aromatic ring is 1. The van der Waals surface area contributed by atoms with Crippen LogP contribution in [0.25, 0.3) is 0 Å². The summed E-state index contributed by atoms with van der Waals surface area (Å²) in [6, 6.07) is 0. The second-order valence-electron chi connectivity index (χ2n) is 2.47. The highest BCUT2D eigenvalue weighted by molar-refractivity contribution is 5.11. The summed E-state index contributed by atoms with van der Waals surface area (Å²) in [5.41, 5.74) is 10.6. The van der Waals surface area contributed by atoms with Crippen molar-refractivity contribution in [2.75, 3.05) is 12.3 Å². The van der Waals surface area contributed by atoms with E-state index in [-0.39, 0.29) is 11.9 Å². The predicted molar refractivity (Wildman–Crippen MR) is 40.8 cm³/mol. The van der Waals surface area contributed by atoms with E-state index in [1.165, 1.54) is 0 Å². The first-order valence-corrected chi connectivity index (χ1v) is 3.53. The summed E-state index contributed by atoms with van der Waals surface area (Å²) < 4.78 is 4.84. The molecule has 5 heteroatoms. The van der Waals surface area contributed by atoms with Crippen LogP contribution in [-0.2, 0) is 0 Å². The van der Waals surface area contributed by atoms with Gasteiger partial charge in [-0.15, -0.1) is 0 Å². The standard InChI is InChI=1S/C6H12N4O/c1-4(2-3-7)5-9-6(8)10-11-5/h4H,2-3,7H2,1H3,(H2,8,10). The monoisotopic (exact) mass is 156 g/mol. The summed E-state index contributed by atoms with van der Waals surface area (Å²) in [6.45, 7) is 2.59. The molecule has 1 unspecified atom stereocenters. The first kappa shape index (κ1) is 8.00. The summed E-state index contributed by atoms with van der Waals surface area (Å²) in [6.07, 6.45) is 0.835. The third-order valence-electron chi connectivity index (χ3n) is 1.48. The van der Waals surface area contributed by atoms with Crippen molar-refractivity contribution < 1.29 is 4.52 Å². The van der Waals surface area contributed by atoms with Crippen LogP contribution in [0.4, 0.5) is 5.95 Å². The molecule has 0 aliphatic heterocycles. The third-order valence-corrected chi connectivity index (χ3v) is 1.48. The zero-order valence-corrected chi connectivity index (χ0v) is 6.45. The lowest BCUT2D eigenvalue weighted by Gasteiger charge is -2.01. The second-order valence-corrected chi connectivity index (χ2v) is 2.47. The van der Waals surface area contributed by atoms with Crippen LogP contribution in [-0.4, -0.2) is 16.7 Å². The van der Waals surface area contributed by atoms with Gasteiger partial charge in [-0.2, -0.15) is 4.98 Å². The van der Waals surface area contributed by atoms with E-state index in [4.69, 9.17) is 16.0 Å². The Kier molecular flexibility index (Phi) is 2.43. The molecular weight excluding hydrogens is 144 g/mol. The van der Waals surface area contributed by atoms with E-state index in [0.29, 0.717) is 12.4 Å². The van der Waals surface area contributed by atoms with E-state index in [1.807, 2.05) is 6.92 Å². The Labute approximate surface area is 64.8 Å². The van der Waals surface area contributed by atoms with Gasteiger partial charge in [0.1, 0.15) is 0 Å². The van der Waals surface area contributed by atoms with E-state index in [0.717, 1.165) is 6.42 Å². The van der Waals surface area contributed by atoms with Gasteiger partial charge < -0.3 is 16.0 Å². The summed E-state index contributed by atoms with van der Waals surface area (Å²) in [4.78, 5) is 3.87. The molecule has 1 aromatic rings. The fourth-order valence-electron chi connectivity index (χ4n) is 0.821. The summed E-state index contributed by atoms with van der Waals surface area (Å²) >= 11 is 0. The molecule has 0 saturated carbocycles. The minimum absolute atomic E-state index is 0.184. The smallest absolute Gasteiger partial charge is 0.260 e. The fraction of sp³-hybridized carbons (Fsp3) is 0.667. The number of rotatable bonds is 3. The molecule has 5 nitrogen and oxygen atoms in total. The average Bonchev–Trinajstić information content (AvgIpc) is 2.36. The van der Waals surface area contributed by atoms with Gasteiger partial charge in [0.15, 0.2) is 0 Å². The number of nitrogens with zero attached hydrogens (tertiary/aromatic N) is 2. The van der Waals surface area contributed by atoms with Crippen LogP contribution < -0.4 is 11.5 Å². The maximum atomic E-state index is 5.35. The molecule has 0 radical (unpaired) electrons.